The zero-order valence-electron chi connectivity index (χ0n) is 14.5. The van der Waals surface area contributed by atoms with Crippen LogP contribution in [0.25, 0.3) is 0 Å². The van der Waals surface area contributed by atoms with E-state index in [9.17, 15) is 9.59 Å². The van der Waals surface area contributed by atoms with Crippen LogP contribution in [0.4, 0.5) is 0 Å². The molecule has 3 rings (SSSR count). The number of hydrogen-bond acceptors (Lipinski definition) is 6. The summed E-state index contributed by atoms with van der Waals surface area (Å²) in [6.45, 7) is 1.74. The Labute approximate surface area is 151 Å². The maximum atomic E-state index is 12.4. The lowest BCUT2D eigenvalue weighted by Gasteiger charge is -2.23. The zero-order valence-corrected chi connectivity index (χ0v) is 14.5. The third kappa shape index (κ3) is 3.92. The van der Waals surface area contributed by atoms with Crippen molar-refractivity contribution in [3.63, 3.8) is 0 Å². The third-order valence-electron chi connectivity index (χ3n) is 4.14. The van der Waals surface area contributed by atoms with Gasteiger partial charge in [0.05, 0.1) is 17.2 Å². The number of ether oxygens (including phenoxy) is 4. The summed E-state index contributed by atoms with van der Waals surface area (Å²) in [5, 5.41) is 0. The molecule has 136 valence electrons. The van der Waals surface area contributed by atoms with Crippen LogP contribution in [0.1, 0.15) is 27.6 Å². The van der Waals surface area contributed by atoms with Crippen molar-refractivity contribution in [2.24, 2.45) is 0 Å². The fraction of sp³-hybridized carbons (Fsp3) is 0.300. The molecule has 0 N–H and O–H groups in total. The van der Waals surface area contributed by atoms with E-state index in [1.165, 1.54) is 7.11 Å². The summed E-state index contributed by atoms with van der Waals surface area (Å²) in [7, 11) is 1.45. The molecule has 4 atom stereocenters. The molecule has 1 heterocycles. The average molecular weight is 356 g/mol. The maximum Gasteiger partial charge on any atom is 0.338 e. The lowest BCUT2D eigenvalue weighted by Crippen LogP contribution is -2.40. The van der Waals surface area contributed by atoms with Crippen LogP contribution < -0.4 is 0 Å². The molecule has 1 aliphatic rings. The summed E-state index contributed by atoms with van der Waals surface area (Å²) in [5.74, 6) is -1.04. The summed E-state index contributed by atoms with van der Waals surface area (Å²) >= 11 is 0. The Morgan fingerprint density at radius 1 is 0.808 bits per heavy atom. The van der Waals surface area contributed by atoms with E-state index in [2.05, 4.69) is 0 Å². The molecular formula is C20H20O6. The second-order valence-electron chi connectivity index (χ2n) is 5.92. The van der Waals surface area contributed by atoms with Crippen LogP contribution in [-0.4, -0.2) is 43.7 Å². The van der Waals surface area contributed by atoms with Crippen LogP contribution in [-0.2, 0) is 18.9 Å². The maximum absolute atomic E-state index is 12.4. The zero-order chi connectivity index (χ0) is 18.5. The predicted molar refractivity (Wildman–Crippen MR) is 92.6 cm³/mol. The summed E-state index contributed by atoms with van der Waals surface area (Å²) in [6, 6.07) is 17.2. The average Bonchev–Trinajstić information content (AvgIpc) is 2.98. The van der Waals surface area contributed by atoms with Crippen molar-refractivity contribution in [2.75, 3.05) is 7.11 Å². The summed E-state index contributed by atoms with van der Waals surface area (Å²) < 4.78 is 22.0. The minimum atomic E-state index is -0.865. The first-order valence-corrected chi connectivity index (χ1v) is 8.30. The number of carbonyl (C=O) groups is 2. The van der Waals surface area contributed by atoms with Gasteiger partial charge in [0, 0.05) is 7.11 Å². The molecule has 1 saturated heterocycles. The van der Waals surface area contributed by atoms with Crippen LogP contribution >= 0.6 is 0 Å². The summed E-state index contributed by atoms with van der Waals surface area (Å²) in [6.07, 6.45) is -2.94. The van der Waals surface area contributed by atoms with Gasteiger partial charge in [-0.2, -0.15) is 0 Å². The van der Waals surface area contributed by atoms with Gasteiger partial charge < -0.3 is 18.9 Å². The molecule has 1 fully saturated rings. The molecule has 26 heavy (non-hydrogen) atoms. The van der Waals surface area contributed by atoms with Gasteiger partial charge in [-0.1, -0.05) is 36.4 Å². The third-order valence-corrected chi connectivity index (χ3v) is 4.14. The molecule has 0 saturated carbocycles. The Morgan fingerprint density at radius 3 is 1.73 bits per heavy atom. The van der Waals surface area contributed by atoms with Crippen molar-refractivity contribution >= 4 is 11.9 Å². The second kappa shape index (κ2) is 8.12. The lowest BCUT2D eigenvalue weighted by molar-refractivity contribution is -0.148. The number of rotatable bonds is 5. The molecular weight excluding hydrogens is 336 g/mol. The molecule has 0 aromatic heterocycles. The predicted octanol–water partition coefficient (Wildman–Crippen LogP) is 2.83. The molecule has 0 spiro atoms. The summed E-state index contributed by atoms with van der Waals surface area (Å²) in [5.41, 5.74) is 0.809. The topological polar surface area (TPSA) is 71.1 Å². The van der Waals surface area contributed by atoms with E-state index in [1.54, 1.807) is 61.5 Å². The SMILES string of the molecule is COC1O[C@H](C)[C@@H](OC(=O)c2ccccc2)[C@H]1OC(=O)c1ccccc1. The van der Waals surface area contributed by atoms with E-state index in [4.69, 9.17) is 18.9 Å². The number of esters is 2. The molecule has 6 heteroatoms. The van der Waals surface area contributed by atoms with E-state index in [0.29, 0.717) is 11.1 Å². The highest BCUT2D eigenvalue weighted by atomic mass is 16.7. The van der Waals surface area contributed by atoms with Gasteiger partial charge in [-0.05, 0) is 31.2 Å². The van der Waals surface area contributed by atoms with E-state index < -0.39 is 36.5 Å². The molecule has 6 nitrogen and oxygen atoms in total. The van der Waals surface area contributed by atoms with Crippen molar-refractivity contribution in [2.45, 2.75) is 31.5 Å². The number of carbonyl (C=O) groups excluding carboxylic acids is 2. The Hall–Kier alpha value is -2.70. The fourth-order valence-electron chi connectivity index (χ4n) is 2.80. The van der Waals surface area contributed by atoms with Crippen molar-refractivity contribution in [3.05, 3.63) is 71.8 Å². The Balaban J connectivity index is 1.76. The van der Waals surface area contributed by atoms with E-state index >= 15 is 0 Å². The van der Waals surface area contributed by atoms with Crippen molar-refractivity contribution in [1.29, 1.82) is 0 Å². The second-order valence-corrected chi connectivity index (χ2v) is 5.92. The molecule has 0 aliphatic carbocycles. The van der Waals surface area contributed by atoms with Crippen LogP contribution in [0.15, 0.2) is 60.7 Å². The highest BCUT2D eigenvalue weighted by Crippen LogP contribution is 2.28. The molecule has 0 bridgehead atoms. The largest absolute Gasteiger partial charge is 0.452 e. The highest BCUT2D eigenvalue weighted by Gasteiger charge is 2.48. The molecule has 1 unspecified atom stereocenters. The van der Waals surface area contributed by atoms with Gasteiger partial charge in [-0.15, -0.1) is 0 Å². The van der Waals surface area contributed by atoms with Gasteiger partial charge in [-0.3, -0.25) is 0 Å². The van der Waals surface area contributed by atoms with E-state index in [1.807, 2.05) is 6.07 Å². The minimum Gasteiger partial charge on any atom is -0.452 e. The normalized spacial score (nSPS) is 24.8. The Kier molecular flexibility index (Phi) is 5.65. The lowest BCUT2D eigenvalue weighted by atomic mass is 10.1. The molecule has 1 aliphatic heterocycles. The molecule has 2 aromatic carbocycles. The molecule has 0 radical (unpaired) electrons. The smallest absolute Gasteiger partial charge is 0.338 e. The monoisotopic (exact) mass is 356 g/mol. The van der Waals surface area contributed by atoms with Gasteiger partial charge in [-0.25, -0.2) is 9.59 Å². The number of hydrogen-bond donors (Lipinski definition) is 0. The van der Waals surface area contributed by atoms with Gasteiger partial charge in [0.2, 0.25) is 0 Å². The summed E-state index contributed by atoms with van der Waals surface area (Å²) in [4.78, 5) is 24.8. The fourth-order valence-corrected chi connectivity index (χ4v) is 2.80. The minimum absolute atomic E-state index is 0.398. The molecule has 0 amide bonds. The van der Waals surface area contributed by atoms with Crippen LogP contribution in [0, 0.1) is 0 Å². The standard InChI is InChI=1S/C20H20O6/c1-13-16(25-18(21)14-9-5-3-6-10-14)17(20(23-2)24-13)26-19(22)15-11-7-4-8-12-15/h3-13,16-17,20H,1-2H3/t13-,16-,17-,20?/m1/s1. The van der Waals surface area contributed by atoms with Gasteiger partial charge in [0.15, 0.2) is 18.5 Å². The number of methoxy groups -OCH3 is 1. The quantitative estimate of drug-likeness (QED) is 0.767. The first kappa shape index (κ1) is 18.1. The first-order valence-electron chi connectivity index (χ1n) is 8.30. The van der Waals surface area contributed by atoms with Crippen LogP contribution in [0.5, 0.6) is 0 Å². The first-order chi connectivity index (χ1) is 12.6. The van der Waals surface area contributed by atoms with E-state index in [0.717, 1.165) is 0 Å². The van der Waals surface area contributed by atoms with Gasteiger partial charge in [0.1, 0.15) is 0 Å². The van der Waals surface area contributed by atoms with Gasteiger partial charge in [0.25, 0.3) is 0 Å². The van der Waals surface area contributed by atoms with E-state index in [-0.39, 0.29) is 0 Å². The number of benzene rings is 2. The molecule has 2 aromatic rings. The van der Waals surface area contributed by atoms with Crippen LogP contribution in [0.3, 0.4) is 0 Å². The highest BCUT2D eigenvalue weighted by molar-refractivity contribution is 5.90. The van der Waals surface area contributed by atoms with Crippen molar-refractivity contribution in [3.8, 4) is 0 Å². The Morgan fingerprint density at radius 2 is 1.27 bits per heavy atom. The van der Waals surface area contributed by atoms with Crippen molar-refractivity contribution in [1.82, 2.24) is 0 Å². The van der Waals surface area contributed by atoms with Crippen molar-refractivity contribution < 1.29 is 28.5 Å². The van der Waals surface area contributed by atoms with Gasteiger partial charge >= 0.3 is 11.9 Å². The Bertz CT molecular complexity index is 745. The van der Waals surface area contributed by atoms with Crippen LogP contribution in [0.2, 0.25) is 0 Å².